The average molecular weight is 284 g/mol. The van der Waals surface area contributed by atoms with Crippen molar-refractivity contribution in [3.63, 3.8) is 0 Å². The van der Waals surface area contributed by atoms with Crippen molar-refractivity contribution in [1.82, 2.24) is 0 Å². The topological polar surface area (TPSA) is 35.5 Å². The second kappa shape index (κ2) is 7.48. The van der Waals surface area contributed by atoms with Crippen molar-refractivity contribution >= 4 is 5.78 Å². The minimum Gasteiger partial charge on any atom is -0.493 e. The van der Waals surface area contributed by atoms with Crippen LogP contribution in [-0.4, -0.2) is 12.9 Å². The highest BCUT2D eigenvalue weighted by Gasteiger charge is 2.04. The lowest BCUT2D eigenvalue weighted by Crippen LogP contribution is -1.99. The first-order chi connectivity index (χ1) is 10.2. The molecule has 2 aromatic rings. The number of Topliss-reactive ketones (excluding diaryl/α,β-unsaturated/α-hetero) is 1. The first kappa shape index (κ1) is 15.1. The Morgan fingerprint density at radius 2 is 1.71 bits per heavy atom. The maximum atomic E-state index is 11.0. The summed E-state index contributed by atoms with van der Waals surface area (Å²) in [5.74, 6) is 1.67. The molecular weight excluding hydrogens is 264 g/mol. The van der Waals surface area contributed by atoms with E-state index >= 15 is 0 Å². The van der Waals surface area contributed by atoms with Crippen molar-refractivity contribution in [3.8, 4) is 11.5 Å². The summed E-state index contributed by atoms with van der Waals surface area (Å²) in [4.78, 5) is 11.0. The highest BCUT2D eigenvalue weighted by molar-refractivity contribution is 5.75. The summed E-state index contributed by atoms with van der Waals surface area (Å²) >= 11 is 0. The molecule has 0 heterocycles. The lowest BCUT2D eigenvalue weighted by Gasteiger charge is -2.11. The summed E-state index contributed by atoms with van der Waals surface area (Å²) in [5, 5.41) is 0. The molecule has 2 rings (SSSR count). The zero-order valence-corrected chi connectivity index (χ0v) is 12.5. The fraction of sp³-hybridized carbons (Fsp3) is 0.278. The maximum Gasteiger partial charge on any atom is 0.161 e. The highest BCUT2D eigenvalue weighted by atomic mass is 16.5. The van der Waals surface area contributed by atoms with E-state index in [-0.39, 0.29) is 5.78 Å². The van der Waals surface area contributed by atoms with Crippen LogP contribution in [-0.2, 0) is 17.8 Å². The van der Waals surface area contributed by atoms with Crippen LogP contribution in [0.1, 0.15) is 24.5 Å². The summed E-state index contributed by atoms with van der Waals surface area (Å²) in [6, 6.07) is 15.7. The number of ketones is 1. The number of hydrogen-bond donors (Lipinski definition) is 0. The van der Waals surface area contributed by atoms with Gasteiger partial charge in [-0.3, -0.25) is 0 Å². The molecule has 0 bridgehead atoms. The first-order valence-corrected chi connectivity index (χ1v) is 7.02. The van der Waals surface area contributed by atoms with Gasteiger partial charge < -0.3 is 14.3 Å². The van der Waals surface area contributed by atoms with Crippen molar-refractivity contribution in [2.24, 2.45) is 0 Å². The maximum absolute atomic E-state index is 11.0. The molecule has 3 nitrogen and oxygen atoms in total. The van der Waals surface area contributed by atoms with Crippen LogP contribution in [0, 0.1) is 0 Å². The van der Waals surface area contributed by atoms with Crippen LogP contribution in [0.4, 0.5) is 0 Å². The minimum atomic E-state index is 0.214. The Hall–Kier alpha value is -2.29. The smallest absolute Gasteiger partial charge is 0.161 e. The summed E-state index contributed by atoms with van der Waals surface area (Å²) in [6.45, 7) is 2.10. The van der Waals surface area contributed by atoms with E-state index in [0.717, 1.165) is 29.0 Å². The van der Waals surface area contributed by atoms with Gasteiger partial charge in [-0.2, -0.15) is 0 Å². The van der Waals surface area contributed by atoms with Crippen LogP contribution in [0.3, 0.4) is 0 Å². The molecule has 0 aromatic heterocycles. The Morgan fingerprint density at radius 3 is 2.43 bits per heavy atom. The quantitative estimate of drug-likeness (QED) is 0.776. The number of benzene rings is 2. The van der Waals surface area contributed by atoms with E-state index in [4.69, 9.17) is 9.47 Å². The van der Waals surface area contributed by atoms with E-state index in [2.05, 4.69) is 6.07 Å². The highest BCUT2D eigenvalue weighted by Crippen LogP contribution is 2.26. The molecule has 0 N–H and O–H groups in total. The van der Waals surface area contributed by atoms with Crippen molar-refractivity contribution in [1.29, 1.82) is 0 Å². The Kier molecular flexibility index (Phi) is 5.38. The molecule has 110 valence electrons. The predicted octanol–water partition coefficient (Wildman–Crippen LogP) is 3.80. The average Bonchev–Trinajstić information content (AvgIpc) is 2.51. The SMILES string of the molecule is COc1ccccc1OCc1cccc(CCC(C)=O)c1. The van der Waals surface area contributed by atoms with Gasteiger partial charge >= 0.3 is 0 Å². The summed E-state index contributed by atoms with van der Waals surface area (Å²) < 4.78 is 11.1. The standard InChI is InChI=1S/C18H20O3/c1-14(19)10-11-15-6-5-7-16(12-15)13-21-18-9-4-3-8-17(18)20-2/h3-9,12H,10-11,13H2,1-2H3. The number of ether oxygens (including phenoxy) is 2. The largest absolute Gasteiger partial charge is 0.493 e. The predicted molar refractivity (Wildman–Crippen MR) is 82.8 cm³/mol. The Bertz CT molecular complexity index is 605. The summed E-state index contributed by atoms with van der Waals surface area (Å²) in [7, 11) is 1.63. The van der Waals surface area contributed by atoms with Gasteiger partial charge in [-0.25, -0.2) is 0 Å². The molecule has 2 aromatic carbocycles. The first-order valence-electron chi connectivity index (χ1n) is 7.02. The van der Waals surface area contributed by atoms with E-state index < -0.39 is 0 Å². The number of aryl methyl sites for hydroxylation is 1. The lowest BCUT2D eigenvalue weighted by atomic mass is 10.1. The van der Waals surface area contributed by atoms with Gasteiger partial charge in [-0.15, -0.1) is 0 Å². The van der Waals surface area contributed by atoms with Gasteiger partial charge in [0, 0.05) is 6.42 Å². The molecule has 0 unspecified atom stereocenters. The van der Waals surface area contributed by atoms with Crippen LogP contribution >= 0.6 is 0 Å². The number of methoxy groups -OCH3 is 1. The molecule has 3 heteroatoms. The summed E-state index contributed by atoms with van der Waals surface area (Å²) in [6.07, 6.45) is 1.36. The molecule has 0 saturated carbocycles. The van der Waals surface area contributed by atoms with Gasteiger partial charge in [-0.1, -0.05) is 36.4 Å². The van der Waals surface area contributed by atoms with Crippen LogP contribution < -0.4 is 9.47 Å². The fourth-order valence-corrected chi connectivity index (χ4v) is 2.09. The van der Waals surface area contributed by atoms with Crippen molar-refractivity contribution < 1.29 is 14.3 Å². The molecule has 21 heavy (non-hydrogen) atoms. The molecule has 0 amide bonds. The number of carbonyl (C=O) groups is 1. The Balaban J connectivity index is 1.99. The minimum absolute atomic E-state index is 0.214. The Morgan fingerprint density at radius 1 is 1.00 bits per heavy atom. The second-order valence-corrected chi connectivity index (χ2v) is 4.96. The number of carbonyl (C=O) groups excluding carboxylic acids is 1. The molecular formula is C18H20O3. The van der Waals surface area contributed by atoms with Gasteiger partial charge in [0.25, 0.3) is 0 Å². The molecule has 0 aliphatic rings. The van der Waals surface area contributed by atoms with Crippen molar-refractivity contribution in [2.75, 3.05) is 7.11 Å². The monoisotopic (exact) mass is 284 g/mol. The van der Waals surface area contributed by atoms with Gasteiger partial charge in [0.05, 0.1) is 7.11 Å². The molecule has 0 atom stereocenters. The third kappa shape index (κ3) is 4.63. The summed E-state index contributed by atoms with van der Waals surface area (Å²) in [5.41, 5.74) is 2.24. The van der Waals surface area contributed by atoms with Gasteiger partial charge in [0.2, 0.25) is 0 Å². The van der Waals surface area contributed by atoms with Crippen LogP contribution in [0.5, 0.6) is 11.5 Å². The molecule has 0 radical (unpaired) electrons. The van der Waals surface area contributed by atoms with E-state index in [1.165, 1.54) is 0 Å². The normalized spacial score (nSPS) is 10.2. The third-order valence-electron chi connectivity index (χ3n) is 3.22. The number of para-hydroxylation sites is 2. The number of hydrogen-bond acceptors (Lipinski definition) is 3. The molecule has 0 saturated heterocycles. The van der Waals surface area contributed by atoms with Gasteiger partial charge in [0.15, 0.2) is 11.5 Å². The molecule has 0 fully saturated rings. The van der Waals surface area contributed by atoms with Crippen LogP contribution in [0.25, 0.3) is 0 Å². The third-order valence-corrected chi connectivity index (χ3v) is 3.22. The lowest BCUT2D eigenvalue weighted by molar-refractivity contribution is -0.116. The van der Waals surface area contributed by atoms with Gasteiger partial charge in [0.1, 0.15) is 12.4 Å². The van der Waals surface area contributed by atoms with E-state index in [1.54, 1.807) is 14.0 Å². The molecule has 0 spiro atoms. The van der Waals surface area contributed by atoms with Crippen molar-refractivity contribution in [3.05, 3.63) is 59.7 Å². The van der Waals surface area contributed by atoms with E-state index in [0.29, 0.717) is 13.0 Å². The van der Waals surface area contributed by atoms with Crippen molar-refractivity contribution in [2.45, 2.75) is 26.4 Å². The Labute approximate surface area is 125 Å². The van der Waals surface area contributed by atoms with Crippen LogP contribution in [0.15, 0.2) is 48.5 Å². The molecule has 0 aliphatic carbocycles. The zero-order valence-electron chi connectivity index (χ0n) is 12.5. The van der Waals surface area contributed by atoms with E-state index in [1.807, 2.05) is 42.5 Å². The number of rotatable bonds is 7. The van der Waals surface area contributed by atoms with E-state index in [9.17, 15) is 4.79 Å². The van der Waals surface area contributed by atoms with Crippen LogP contribution in [0.2, 0.25) is 0 Å². The van der Waals surface area contributed by atoms with Gasteiger partial charge in [-0.05, 0) is 36.6 Å². The molecule has 0 aliphatic heterocycles. The second-order valence-electron chi connectivity index (χ2n) is 4.96. The fourth-order valence-electron chi connectivity index (χ4n) is 2.09. The zero-order chi connectivity index (χ0) is 15.1.